The van der Waals surface area contributed by atoms with Gasteiger partial charge in [0.25, 0.3) is 0 Å². The van der Waals surface area contributed by atoms with Crippen molar-refractivity contribution in [3.05, 3.63) is 0 Å². The molecule has 5 fully saturated rings. The van der Waals surface area contributed by atoms with Gasteiger partial charge in [0.05, 0.1) is 13.2 Å². The van der Waals surface area contributed by atoms with E-state index in [0.29, 0.717) is 10.8 Å². The zero-order chi connectivity index (χ0) is 21.1. The third-order valence-corrected chi connectivity index (χ3v) is 11.4. The maximum absolute atomic E-state index is 6.17. The summed E-state index contributed by atoms with van der Waals surface area (Å²) in [5.74, 6) is 6.29. The minimum absolute atomic E-state index is 0.204. The Morgan fingerprint density at radius 3 is 2.30 bits per heavy atom. The van der Waals surface area contributed by atoms with Crippen LogP contribution in [0.5, 0.6) is 0 Å². The summed E-state index contributed by atoms with van der Waals surface area (Å²) in [5, 5.41) is 0. The molecule has 0 aromatic heterocycles. The molecule has 0 amide bonds. The van der Waals surface area contributed by atoms with Gasteiger partial charge in [-0.2, -0.15) is 0 Å². The highest BCUT2D eigenvalue weighted by molar-refractivity contribution is 5.12. The molecular formula is C28H48O2. The smallest absolute Gasteiger partial charge is 0.168 e. The average Bonchev–Trinajstić information content (AvgIpc) is 3.36. The molecule has 2 nitrogen and oxygen atoms in total. The standard InChI is InChI=1S/C28H48O2/c1-19(2)7-6-8-20(3)23-9-10-24-22-17-21-18-28(29-15-16-30-28)14-13-26(21,4)25(22)11-12-27(23,24)5/h19-25H,6-18H2,1-5H3/t20-,21+,22+,23-,24+,25+,26+,27-/m1/s1. The Bertz CT molecular complexity index is 622. The molecule has 2 heteroatoms. The maximum Gasteiger partial charge on any atom is 0.168 e. The summed E-state index contributed by atoms with van der Waals surface area (Å²) in [6, 6.07) is 0. The maximum atomic E-state index is 6.17. The van der Waals surface area contributed by atoms with E-state index in [1.165, 1.54) is 64.2 Å². The van der Waals surface area contributed by atoms with Gasteiger partial charge < -0.3 is 9.47 Å². The molecule has 172 valence electrons. The summed E-state index contributed by atoms with van der Waals surface area (Å²) in [5.41, 5.74) is 1.16. The monoisotopic (exact) mass is 416 g/mol. The van der Waals surface area contributed by atoms with Crippen molar-refractivity contribution in [3.8, 4) is 0 Å². The van der Waals surface area contributed by atoms with Crippen molar-refractivity contribution in [1.82, 2.24) is 0 Å². The molecule has 0 radical (unpaired) electrons. The van der Waals surface area contributed by atoms with Crippen LogP contribution in [0.1, 0.15) is 105 Å². The third-order valence-electron chi connectivity index (χ3n) is 11.4. The predicted octanol–water partition coefficient (Wildman–Crippen LogP) is 7.46. The molecule has 0 bridgehead atoms. The number of rotatable bonds is 5. The highest BCUT2D eigenvalue weighted by Gasteiger charge is 2.64. The molecule has 5 aliphatic rings. The van der Waals surface area contributed by atoms with Gasteiger partial charge in [0, 0.05) is 12.8 Å². The fraction of sp³-hybridized carbons (Fsp3) is 1.00. The summed E-state index contributed by atoms with van der Waals surface area (Å²) in [6.45, 7) is 14.4. The van der Waals surface area contributed by atoms with Gasteiger partial charge in [0.15, 0.2) is 5.79 Å². The molecular weight excluding hydrogens is 368 g/mol. The van der Waals surface area contributed by atoms with Crippen molar-refractivity contribution in [2.45, 2.75) is 111 Å². The fourth-order valence-electron chi connectivity index (χ4n) is 9.76. The Balaban J connectivity index is 1.30. The Kier molecular flexibility index (Phi) is 5.62. The Hall–Kier alpha value is -0.0800. The minimum atomic E-state index is -0.204. The summed E-state index contributed by atoms with van der Waals surface area (Å²) < 4.78 is 12.3. The van der Waals surface area contributed by atoms with Gasteiger partial charge in [-0.3, -0.25) is 0 Å². The van der Waals surface area contributed by atoms with Crippen LogP contribution < -0.4 is 0 Å². The van der Waals surface area contributed by atoms with Crippen LogP contribution in [0.25, 0.3) is 0 Å². The first kappa shape index (κ1) is 21.7. The second kappa shape index (κ2) is 7.75. The molecule has 1 spiro atoms. The first-order chi connectivity index (χ1) is 14.3. The van der Waals surface area contributed by atoms with Crippen molar-refractivity contribution < 1.29 is 9.47 Å². The van der Waals surface area contributed by atoms with Gasteiger partial charge in [-0.25, -0.2) is 0 Å². The van der Waals surface area contributed by atoms with Crippen molar-refractivity contribution in [3.63, 3.8) is 0 Å². The summed E-state index contributed by atoms with van der Waals surface area (Å²) >= 11 is 0. The molecule has 5 rings (SSSR count). The first-order valence-corrected chi connectivity index (χ1v) is 13.6. The molecule has 0 aromatic rings. The third kappa shape index (κ3) is 3.33. The lowest BCUT2D eigenvalue weighted by Crippen LogP contribution is -2.47. The SMILES string of the molecule is CC(C)CCC[C@@H](C)[C@H]1CC[C@H]2[C@@H]3C[C@H]4CC5(CC[C@]4(C)[C@H]3CC[C@]12C)OCCO5. The van der Waals surface area contributed by atoms with E-state index in [1.54, 1.807) is 0 Å². The Morgan fingerprint density at radius 1 is 0.833 bits per heavy atom. The largest absolute Gasteiger partial charge is 0.348 e. The molecule has 30 heavy (non-hydrogen) atoms. The second-order valence-electron chi connectivity index (χ2n) is 13.2. The fourth-order valence-corrected chi connectivity index (χ4v) is 9.76. The van der Waals surface area contributed by atoms with E-state index in [9.17, 15) is 0 Å². The Morgan fingerprint density at radius 2 is 1.57 bits per heavy atom. The zero-order valence-corrected chi connectivity index (χ0v) is 20.6. The van der Waals surface area contributed by atoms with E-state index in [4.69, 9.17) is 9.47 Å². The predicted molar refractivity (Wildman–Crippen MR) is 123 cm³/mol. The lowest BCUT2D eigenvalue weighted by atomic mass is 9.53. The van der Waals surface area contributed by atoms with Crippen LogP contribution in [0, 0.1) is 52.3 Å². The molecule has 1 heterocycles. The van der Waals surface area contributed by atoms with E-state index in [2.05, 4.69) is 34.6 Å². The summed E-state index contributed by atoms with van der Waals surface area (Å²) in [6.07, 6.45) is 15.4. The average molecular weight is 417 g/mol. The van der Waals surface area contributed by atoms with Crippen molar-refractivity contribution in [1.29, 1.82) is 0 Å². The van der Waals surface area contributed by atoms with Crippen molar-refractivity contribution in [2.24, 2.45) is 52.3 Å². The molecule has 0 N–H and O–H groups in total. The highest BCUT2D eigenvalue weighted by Crippen LogP contribution is 2.71. The highest BCUT2D eigenvalue weighted by atomic mass is 16.7. The lowest BCUT2D eigenvalue weighted by Gasteiger charge is -2.52. The van der Waals surface area contributed by atoms with Crippen LogP contribution in [-0.2, 0) is 9.47 Å². The van der Waals surface area contributed by atoms with E-state index < -0.39 is 0 Å². The number of fused-ring (bicyclic) bond motifs is 5. The van der Waals surface area contributed by atoms with Gasteiger partial charge in [-0.15, -0.1) is 0 Å². The van der Waals surface area contributed by atoms with Gasteiger partial charge in [0.2, 0.25) is 0 Å². The number of hydrogen-bond acceptors (Lipinski definition) is 2. The molecule has 8 atom stereocenters. The molecule has 0 aromatic carbocycles. The first-order valence-electron chi connectivity index (χ1n) is 13.6. The summed E-state index contributed by atoms with van der Waals surface area (Å²) in [4.78, 5) is 0. The summed E-state index contributed by atoms with van der Waals surface area (Å²) in [7, 11) is 0. The molecule has 4 aliphatic carbocycles. The number of ether oxygens (including phenoxy) is 2. The van der Waals surface area contributed by atoms with Crippen LogP contribution in [-0.4, -0.2) is 19.0 Å². The van der Waals surface area contributed by atoms with Gasteiger partial charge in [-0.1, -0.05) is 53.9 Å². The molecule has 0 unspecified atom stereocenters. The van der Waals surface area contributed by atoms with Crippen LogP contribution in [0.2, 0.25) is 0 Å². The lowest BCUT2D eigenvalue weighted by molar-refractivity contribution is -0.206. The van der Waals surface area contributed by atoms with Crippen molar-refractivity contribution >= 4 is 0 Å². The van der Waals surface area contributed by atoms with Crippen LogP contribution >= 0.6 is 0 Å². The molecule has 1 aliphatic heterocycles. The minimum Gasteiger partial charge on any atom is -0.348 e. The molecule has 1 saturated heterocycles. The van der Waals surface area contributed by atoms with E-state index in [0.717, 1.165) is 61.1 Å². The molecule has 4 saturated carbocycles. The Labute approximate surface area is 186 Å². The quantitative estimate of drug-likeness (QED) is 0.463. The van der Waals surface area contributed by atoms with Gasteiger partial charge in [-0.05, 0) is 90.8 Å². The van der Waals surface area contributed by atoms with Crippen LogP contribution in [0.4, 0.5) is 0 Å². The van der Waals surface area contributed by atoms with Crippen LogP contribution in [0.3, 0.4) is 0 Å². The van der Waals surface area contributed by atoms with Crippen molar-refractivity contribution in [2.75, 3.05) is 13.2 Å². The van der Waals surface area contributed by atoms with Crippen LogP contribution in [0.15, 0.2) is 0 Å². The van der Waals surface area contributed by atoms with E-state index >= 15 is 0 Å². The van der Waals surface area contributed by atoms with Gasteiger partial charge in [0.1, 0.15) is 0 Å². The second-order valence-corrected chi connectivity index (χ2v) is 13.2. The topological polar surface area (TPSA) is 18.5 Å². The van der Waals surface area contributed by atoms with E-state index in [-0.39, 0.29) is 5.79 Å². The zero-order valence-electron chi connectivity index (χ0n) is 20.6. The van der Waals surface area contributed by atoms with E-state index in [1.807, 2.05) is 0 Å². The normalized spacial score (nSPS) is 48.0. The number of hydrogen-bond donors (Lipinski definition) is 0. The van der Waals surface area contributed by atoms with Gasteiger partial charge >= 0.3 is 0 Å².